The molecular formula is C21H24N2O3. The largest absolute Gasteiger partial charge is 0.491 e. The quantitative estimate of drug-likeness (QED) is 0.805. The number of fused-ring (bicyclic) bond motifs is 1. The monoisotopic (exact) mass is 352 g/mol. The van der Waals surface area contributed by atoms with Crippen LogP contribution in [0.1, 0.15) is 31.4 Å². The Bertz CT molecular complexity index is 815. The molecule has 2 amide bonds. The van der Waals surface area contributed by atoms with Crippen molar-refractivity contribution in [1.82, 2.24) is 0 Å². The molecule has 0 bridgehead atoms. The molecule has 0 saturated heterocycles. The number of aryl methyl sites for hydroxylation is 1. The fourth-order valence-corrected chi connectivity index (χ4v) is 3.05. The second kappa shape index (κ2) is 8.04. The minimum atomic E-state index is -0.707. The van der Waals surface area contributed by atoms with E-state index in [1.165, 1.54) is 5.56 Å². The van der Waals surface area contributed by atoms with Crippen LogP contribution in [-0.2, 0) is 22.4 Å². The Morgan fingerprint density at radius 3 is 2.42 bits per heavy atom. The fraction of sp³-hybridized carbons (Fsp3) is 0.333. The number of nitrogens with one attached hydrogen (secondary N) is 2. The Morgan fingerprint density at radius 1 is 0.962 bits per heavy atom. The average molecular weight is 352 g/mol. The average Bonchev–Trinajstić information content (AvgIpc) is 3.10. The van der Waals surface area contributed by atoms with Gasteiger partial charge in [-0.1, -0.05) is 38.1 Å². The van der Waals surface area contributed by atoms with Crippen molar-refractivity contribution < 1.29 is 14.3 Å². The van der Waals surface area contributed by atoms with Crippen LogP contribution in [0.25, 0.3) is 0 Å². The maximum Gasteiger partial charge on any atom is 0.314 e. The molecule has 0 fully saturated rings. The Morgan fingerprint density at radius 2 is 1.65 bits per heavy atom. The lowest BCUT2D eigenvalue weighted by atomic mass is 10.1. The Hall–Kier alpha value is -2.82. The van der Waals surface area contributed by atoms with Gasteiger partial charge in [-0.2, -0.15) is 0 Å². The van der Waals surface area contributed by atoms with E-state index in [4.69, 9.17) is 4.74 Å². The molecule has 26 heavy (non-hydrogen) atoms. The molecule has 3 rings (SSSR count). The lowest BCUT2D eigenvalue weighted by Crippen LogP contribution is -2.29. The van der Waals surface area contributed by atoms with E-state index < -0.39 is 11.8 Å². The van der Waals surface area contributed by atoms with Crippen molar-refractivity contribution in [3.8, 4) is 5.75 Å². The molecule has 1 aliphatic rings. The third-order valence-corrected chi connectivity index (χ3v) is 4.31. The van der Waals surface area contributed by atoms with Gasteiger partial charge in [-0.05, 0) is 54.5 Å². The Kier molecular flexibility index (Phi) is 5.56. The second-order valence-electron chi connectivity index (χ2n) is 6.91. The summed E-state index contributed by atoms with van der Waals surface area (Å²) in [7, 11) is 0. The van der Waals surface area contributed by atoms with Crippen LogP contribution in [0.15, 0.2) is 42.5 Å². The van der Waals surface area contributed by atoms with Gasteiger partial charge in [0.2, 0.25) is 0 Å². The van der Waals surface area contributed by atoms with Gasteiger partial charge in [-0.15, -0.1) is 0 Å². The number of rotatable bonds is 5. The van der Waals surface area contributed by atoms with Gasteiger partial charge in [0, 0.05) is 5.69 Å². The Labute approximate surface area is 153 Å². The van der Waals surface area contributed by atoms with Gasteiger partial charge in [-0.25, -0.2) is 0 Å². The molecule has 2 aromatic carbocycles. The summed E-state index contributed by atoms with van der Waals surface area (Å²) in [6.45, 7) is 4.63. The number of carbonyl (C=O) groups is 2. The van der Waals surface area contributed by atoms with Crippen molar-refractivity contribution in [1.29, 1.82) is 0 Å². The van der Waals surface area contributed by atoms with Crippen LogP contribution in [0.2, 0.25) is 0 Å². The first kappa shape index (κ1) is 18.0. The molecule has 0 heterocycles. The first-order valence-electron chi connectivity index (χ1n) is 8.99. The SMILES string of the molecule is CC(C)COc1ccccc1NC(=O)C(=O)Nc1cccc2c1CCC2. The van der Waals surface area contributed by atoms with E-state index in [0.29, 0.717) is 24.0 Å². The summed E-state index contributed by atoms with van der Waals surface area (Å²) in [6.07, 6.45) is 3.03. The minimum absolute atomic E-state index is 0.363. The van der Waals surface area contributed by atoms with E-state index in [-0.39, 0.29) is 0 Å². The molecule has 0 spiro atoms. The van der Waals surface area contributed by atoms with Crippen molar-refractivity contribution in [3.05, 3.63) is 53.6 Å². The van der Waals surface area contributed by atoms with Crippen LogP contribution < -0.4 is 15.4 Å². The van der Waals surface area contributed by atoms with Crippen molar-refractivity contribution >= 4 is 23.2 Å². The highest BCUT2D eigenvalue weighted by molar-refractivity contribution is 6.43. The minimum Gasteiger partial charge on any atom is -0.491 e. The Balaban J connectivity index is 1.67. The number of para-hydroxylation sites is 2. The van der Waals surface area contributed by atoms with Gasteiger partial charge in [0.1, 0.15) is 5.75 Å². The van der Waals surface area contributed by atoms with Crippen LogP contribution in [0, 0.1) is 5.92 Å². The van der Waals surface area contributed by atoms with E-state index in [1.807, 2.05) is 32.0 Å². The highest BCUT2D eigenvalue weighted by atomic mass is 16.5. The zero-order valence-electron chi connectivity index (χ0n) is 15.2. The molecular weight excluding hydrogens is 328 g/mol. The normalized spacial score (nSPS) is 12.6. The van der Waals surface area contributed by atoms with E-state index in [1.54, 1.807) is 18.2 Å². The first-order valence-corrected chi connectivity index (χ1v) is 8.99. The maximum absolute atomic E-state index is 12.3. The molecule has 0 atom stereocenters. The van der Waals surface area contributed by atoms with E-state index >= 15 is 0 Å². The number of carbonyl (C=O) groups excluding carboxylic acids is 2. The van der Waals surface area contributed by atoms with E-state index in [9.17, 15) is 9.59 Å². The van der Waals surface area contributed by atoms with Gasteiger partial charge < -0.3 is 15.4 Å². The fourth-order valence-electron chi connectivity index (χ4n) is 3.05. The van der Waals surface area contributed by atoms with Crippen LogP contribution in [0.5, 0.6) is 5.75 Å². The van der Waals surface area contributed by atoms with E-state index in [0.717, 1.165) is 30.5 Å². The molecule has 0 saturated carbocycles. The van der Waals surface area contributed by atoms with Crippen LogP contribution in [-0.4, -0.2) is 18.4 Å². The molecule has 0 radical (unpaired) electrons. The zero-order valence-corrected chi connectivity index (χ0v) is 15.2. The summed E-state index contributed by atoms with van der Waals surface area (Å²) in [5.41, 5.74) is 3.60. The first-order chi connectivity index (χ1) is 12.5. The van der Waals surface area contributed by atoms with Gasteiger partial charge in [0.15, 0.2) is 0 Å². The lowest BCUT2D eigenvalue weighted by molar-refractivity contribution is -0.133. The van der Waals surface area contributed by atoms with Crippen molar-refractivity contribution in [2.45, 2.75) is 33.1 Å². The van der Waals surface area contributed by atoms with Crippen molar-refractivity contribution in [3.63, 3.8) is 0 Å². The van der Waals surface area contributed by atoms with Gasteiger partial charge in [0.25, 0.3) is 0 Å². The number of anilines is 2. The predicted molar refractivity (Wildman–Crippen MR) is 103 cm³/mol. The van der Waals surface area contributed by atoms with E-state index in [2.05, 4.69) is 16.7 Å². The molecule has 2 aromatic rings. The number of ether oxygens (including phenoxy) is 1. The molecule has 0 aromatic heterocycles. The number of benzene rings is 2. The number of amides is 2. The molecule has 2 N–H and O–H groups in total. The lowest BCUT2D eigenvalue weighted by Gasteiger charge is -2.14. The predicted octanol–water partition coefficient (Wildman–Crippen LogP) is 3.79. The molecule has 0 aliphatic heterocycles. The van der Waals surface area contributed by atoms with Gasteiger partial charge in [0.05, 0.1) is 12.3 Å². The highest BCUT2D eigenvalue weighted by Gasteiger charge is 2.20. The highest BCUT2D eigenvalue weighted by Crippen LogP contribution is 2.29. The summed E-state index contributed by atoms with van der Waals surface area (Å²) >= 11 is 0. The standard InChI is InChI=1S/C21H24N2O3/c1-14(2)13-26-19-12-4-3-10-18(19)23-21(25)20(24)22-17-11-6-8-15-7-5-9-16(15)17/h3-4,6,8,10-12,14H,5,7,9,13H2,1-2H3,(H,22,24)(H,23,25). The summed E-state index contributed by atoms with van der Waals surface area (Å²) in [5, 5.41) is 5.39. The van der Waals surface area contributed by atoms with Crippen molar-refractivity contribution in [2.75, 3.05) is 17.2 Å². The topological polar surface area (TPSA) is 67.4 Å². The summed E-state index contributed by atoms with van der Waals surface area (Å²) in [4.78, 5) is 24.7. The van der Waals surface area contributed by atoms with Crippen LogP contribution >= 0.6 is 0 Å². The van der Waals surface area contributed by atoms with Gasteiger partial charge >= 0.3 is 11.8 Å². The summed E-state index contributed by atoms with van der Waals surface area (Å²) < 4.78 is 5.71. The van der Waals surface area contributed by atoms with Crippen molar-refractivity contribution in [2.24, 2.45) is 5.92 Å². The molecule has 5 nitrogen and oxygen atoms in total. The zero-order chi connectivity index (χ0) is 18.5. The summed E-state index contributed by atoms with van der Waals surface area (Å²) in [5.74, 6) is -0.463. The van der Waals surface area contributed by atoms with Crippen LogP contribution in [0.4, 0.5) is 11.4 Å². The third kappa shape index (κ3) is 4.23. The molecule has 5 heteroatoms. The maximum atomic E-state index is 12.3. The number of hydrogen-bond donors (Lipinski definition) is 2. The van der Waals surface area contributed by atoms with Gasteiger partial charge in [-0.3, -0.25) is 9.59 Å². The van der Waals surface area contributed by atoms with Crippen LogP contribution in [0.3, 0.4) is 0 Å². The summed E-state index contributed by atoms with van der Waals surface area (Å²) in [6, 6.07) is 12.9. The molecule has 136 valence electrons. The molecule has 0 unspecified atom stereocenters. The second-order valence-corrected chi connectivity index (χ2v) is 6.91. The number of hydrogen-bond acceptors (Lipinski definition) is 3. The smallest absolute Gasteiger partial charge is 0.314 e. The molecule has 1 aliphatic carbocycles. The third-order valence-electron chi connectivity index (χ3n) is 4.31.